The smallest absolute Gasteiger partial charge is 0.160 e. The Kier molecular flexibility index (Phi) is 9.87. The maximum atomic E-state index is 14.0. The van der Waals surface area contributed by atoms with Crippen molar-refractivity contribution in [2.45, 2.75) is 38.2 Å². The first-order valence-electron chi connectivity index (χ1n) is 14.8. The molecule has 228 valence electrons. The van der Waals surface area contributed by atoms with E-state index in [0.717, 1.165) is 33.0 Å². The number of carbonyl (C=O) groups is 1. The molecule has 3 N–H and O–H groups in total. The summed E-state index contributed by atoms with van der Waals surface area (Å²) in [6, 6.07) is 26.6. The molecule has 4 aromatic carbocycles. The number of Topliss-reactive ketones (excluding diaryl/α,β-unsaturated/α-hetero) is 1. The predicted molar refractivity (Wildman–Crippen MR) is 170 cm³/mol. The Morgan fingerprint density at radius 3 is 1.89 bits per heavy atom. The molecule has 0 aliphatic carbocycles. The van der Waals surface area contributed by atoms with Gasteiger partial charge in [-0.25, -0.2) is 0 Å². The molecule has 1 heterocycles. The standard InChI is InChI=1S/C37H38NO6/c1-43-36-20-25(8-11-32(36)39)17-30(16-24-7-10-28-5-3-4-6-29(28)15-24)34(41)22-35(42)31(19-27-13-14-38-23-27)18-26-9-12-33(40)37(21-26)44-2/h3-15,20-21,23,30-31,35,39-40,42H,16-19,22H2,1-2H3/q-1/t30-,31+,35+/m0/s1. The number of hydrogen-bond acceptors (Lipinski definition) is 6. The first kappa shape index (κ1) is 30.7. The monoisotopic (exact) mass is 592 g/mol. The quantitative estimate of drug-likeness (QED) is 0.144. The fourth-order valence-electron chi connectivity index (χ4n) is 5.86. The number of nitrogens with zero attached hydrogens (tertiary/aromatic N) is 1. The summed E-state index contributed by atoms with van der Waals surface area (Å²) >= 11 is 0. The van der Waals surface area contributed by atoms with E-state index >= 15 is 0 Å². The summed E-state index contributed by atoms with van der Waals surface area (Å²) in [5.41, 5.74) is 3.78. The van der Waals surface area contributed by atoms with Crippen LogP contribution < -0.4 is 14.5 Å². The highest BCUT2D eigenvalue weighted by Gasteiger charge is 2.28. The topological polar surface area (TPSA) is 110 Å². The molecule has 0 saturated heterocycles. The Balaban J connectivity index is 1.40. The molecule has 5 rings (SSSR count). The van der Waals surface area contributed by atoms with Crippen LogP contribution in [0.15, 0.2) is 97.3 Å². The second-order valence-electron chi connectivity index (χ2n) is 11.4. The van der Waals surface area contributed by atoms with Gasteiger partial charge in [-0.05, 0) is 83.3 Å². The van der Waals surface area contributed by atoms with Gasteiger partial charge in [0.25, 0.3) is 0 Å². The second-order valence-corrected chi connectivity index (χ2v) is 11.4. The van der Waals surface area contributed by atoms with E-state index in [2.05, 4.69) is 35.3 Å². The van der Waals surface area contributed by atoms with Gasteiger partial charge in [0.05, 0.1) is 20.3 Å². The van der Waals surface area contributed by atoms with E-state index in [-0.39, 0.29) is 29.6 Å². The average Bonchev–Trinajstić information content (AvgIpc) is 3.55. The molecule has 0 aliphatic rings. The molecular weight excluding hydrogens is 554 g/mol. The Labute approximate surface area is 257 Å². The van der Waals surface area contributed by atoms with Gasteiger partial charge in [0, 0.05) is 12.3 Å². The fourth-order valence-corrected chi connectivity index (χ4v) is 5.86. The van der Waals surface area contributed by atoms with Crippen LogP contribution in [0.5, 0.6) is 23.0 Å². The van der Waals surface area contributed by atoms with Gasteiger partial charge in [0.15, 0.2) is 23.0 Å². The first-order chi connectivity index (χ1) is 21.3. The van der Waals surface area contributed by atoms with Gasteiger partial charge in [-0.2, -0.15) is 12.4 Å². The van der Waals surface area contributed by atoms with Gasteiger partial charge < -0.3 is 29.8 Å². The minimum atomic E-state index is -0.911. The summed E-state index contributed by atoms with van der Waals surface area (Å²) in [5.74, 6) is 0.0915. The van der Waals surface area contributed by atoms with Crippen molar-refractivity contribution in [2.75, 3.05) is 14.2 Å². The fraction of sp³-hybridized carbons (Fsp3) is 0.270. The van der Waals surface area contributed by atoms with E-state index in [9.17, 15) is 20.1 Å². The van der Waals surface area contributed by atoms with Crippen LogP contribution in [-0.2, 0) is 30.5 Å². The molecule has 0 bridgehead atoms. The number of phenols is 2. The summed E-state index contributed by atoms with van der Waals surface area (Å²) in [4.78, 5) is 18.2. The molecule has 0 aliphatic heterocycles. The number of benzene rings is 4. The number of phenolic OH excluding ortho intramolecular Hbond substituents is 2. The van der Waals surface area contributed by atoms with Crippen LogP contribution in [0.3, 0.4) is 0 Å². The summed E-state index contributed by atoms with van der Waals surface area (Å²) in [5, 5.41) is 34.0. The number of methoxy groups -OCH3 is 2. The van der Waals surface area contributed by atoms with Crippen molar-refractivity contribution in [3.63, 3.8) is 0 Å². The van der Waals surface area contributed by atoms with Crippen molar-refractivity contribution in [3.8, 4) is 23.0 Å². The van der Waals surface area contributed by atoms with E-state index in [0.29, 0.717) is 37.2 Å². The van der Waals surface area contributed by atoms with Crippen LogP contribution in [0.1, 0.15) is 28.7 Å². The van der Waals surface area contributed by atoms with Crippen LogP contribution in [-0.4, -0.2) is 41.4 Å². The lowest BCUT2D eigenvalue weighted by atomic mass is 9.82. The van der Waals surface area contributed by atoms with Crippen LogP contribution >= 0.6 is 0 Å². The summed E-state index contributed by atoms with van der Waals surface area (Å²) < 4.78 is 10.6. The Morgan fingerprint density at radius 2 is 1.27 bits per heavy atom. The highest BCUT2D eigenvalue weighted by molar-refractivity contribution is 5.84. The van der Waals surface area contributed by atoms with Gasteiger partial charge in [0.1, 0.15) is 5.78 Å². The molecule has 3 atom stereocenters. The number of aromatic hydroxyl groups is 2. The average molecular weight is 593 g/mol. The van der Waals surface area contributed by atoms with Gasteiger partial charge in [0.2, 0.25) is 0 Å². The molecule has 44 heavy (non-hydrogen) atoms. The predicted octanol–water partition coefficient (Wildman–Crippen LogP) is 6.05. The van der Waals surface area contributed by atoms with E-state index in [1.807, 2.05) is 24.3 Å². The molecule has 0 unspecified atom stereocenters. The van der Waals surface area contributed by atoms with Crippen molar-refractivity contribution in [1.29, 1.82) is 0 Å². The van der Waals surface area contributed by atoms with Crippen LogP contribution in [0, 0.1) is 11.8 Å². The number of aromatic nitrogens is 1. The largest absolute Gasteiger partial charge is 0.670 e. The minimum absolute atomic E-state index is 0.0124. The van der Waals surface area contributed by atoms with Crippen molar-refractivity contribution in [2.24, 2.45) is 11.8 Å². The second kappa shape index (κ2) is 14.1. The molecule has 5 aromatic rings. The van der Waals surface area contributed by atoms with Gasteiger partial charge in [-0.1, -0.05) is 66.2 Å². The first-order valence-corrected chi connectivity index (χ1v) is 14.8. The third kappa shape index (κ3) is 7.60. The molecule has 0 spiro atoms. The normalized spacial score (nSPS) is 13.3. The molecule has 0 fully saturated rings. The maximum Gasteiger partial charge on any atom is 0.160 e. The zero-order valence-corrected chi connectivity index (χ0v) is 25.0. The molecule has 0 radical (unpaired) electrons. The number of hydrogen-bond donors (Lipinski definition) is 3. The molecular formula is C37H38NO6-. The number of aliphatic hydroxyl groups is 1. The lowest BCUT2D eigenvalue weighted by Gasteiger charge is -2.25. The van der Waals surface area contributed by atoms with Gasteiger partial charge in [-0.3, -0.25) is 4.79 Å². The molecule has 7 heteroatoms. The lowest BCUT2D eigenvalue weighted by molar-refractivity contribution is -0.125. The van der Waals surface area contributed by atoms with E-state index in [1.165, 1.54) is 14.2 Å². The highest BCUT2D eigenvalue weighted by atomic mass is 16.5. The third-order valence-corrected chi connectivity index (χ3v) is 8.29. The number of fused-ring (bicyclic) bond motifs is 1. The Morgan fingerprint density at radius 1 is 0.705 bits per heavy atom. The maximum absolute atomic E-state index is 14.0. The number of carbonyl (C=O) groups excluding carboxylic acids is 1. The van der Waals surface area contributed by atoms with Crippen LogP contribution in [0.25, 0.3) is 10.8 Å². The molecule has 1 aromatic heterocycles. The highest BCUT2D eigenvalue weighted by Crippen LogP contribution is 2.31. The van der Waals surface area contributed by atoms with E-state index in [1.54, 1.807) is 42.7 Å². The zero-order chi connectivity index (χ0) is 31.1. The van der Waals surface area contributed by atoms with Crippen molar-refractivity contribution in [1.82, 2.24) is 4.98 Å². The zero-order valence-electron chi connectivity index (χ0n) is 25.0. The van der Waals surface area contributed by atoms with Gasteiger partial charge >= 0.3 is 0 Å². The summed E-state index contributed by atoms with van der Waals surface area (Å²) in [7, 11) is 3.00. The molecule has 7 nitrogen and oxygen atoms in total. The van der Waals surface area contributed by atoms with E-state index in [4.69, 9.17) is 9.47 Å². The van der Waals surface area contributed by atoms with Crippen molar-refractivity contribution < 1.29 is 29.6 Å². The van der Waals surface area contributed by atoms with Crippen molar-refractivity contribution in [3.05, 3.63) is 120 Å². The van der Waals surface area contributed by atoms with Crippen LogP contribution in [0.2, 0.25) is 0 Å². The Bertz CT molecular complexity index is 1700. The van der Waals surface area contributed by atoms with Crippen molar-refractivity contribution >= 4 is 16.6 Å². The number of rotatable bonds is 14. The minimum Gasteiger partial charge on any atom is -0.670 e. The third-order valence-electron chi connectivity index (χ3n) is 8.29. The number of ketones is 1. The summed E-state index contributed by atoms with van der Waals surface area (Å²) in [6.07, 6.45) is 4.54. The SMILES string of the molecule is COc1cc(C[C@H](Cc2ccc3ccccc3c2)C(=O)C[C@@H](O)[C@@H](Cc2cc[n-]c2)Cc2ccc(O)c(OC)c2)ccc1O. The van der Waals surface area contributed by atoms with Gasteiger partial charge in [-0.15, -0.1) is 0 Å². The van der Waals surface area contributed by atoms with Crippen LogP contribution in [0.4, 0.5) is 0 Å². The number of aliphatic hydroxyl groups excluding tert-OH is 1. The number of ether oxygens (including phenoxy) is 2. The molecule has 0 saturated carbocycles. The Hall–Kier alpha value is -4.75. The van der Waals surface area contributed by atoms with E-state index < -0.39 is 12.0 Å². The summed E-state index contributed by atoms with van der Waals surface area (Å²) in [6.45, 7) is 0. The lowest BCUT2D eigenvalue weighted by Crippen LogP contribution is -2.31. The molecule has 0 amide bonds.